The summed E-state index contributed by atoms with van der Waals surface area (Å²) in [5.41, 5.74) is 1.29. The van der Waals surface area contributed by atoms with Gasteiger partial charge in [-0.25, -0.2) is 13.4 Å². The Morgan fingerprint density at radius 3 is 2.58 bits per heavy atom. The second kappa shape index (κ2) is 6.55. The molecule has 7 heteroatoms. The first-order valence-electron chi connectivity index (χ1n) is 8.38. The van der Waals surface area contributed by atoms with Gasteiger partial charge in [-0.1, -0.05) is 26.0 Å². The average molecular weight is 349 g/mol. The molecule has 6 nitrogen and oxygen atoms in total. The summed E-state index contributed by atoms with van der Waals surface area (Å²) < 4.78 is 26.3. The van der Waals surface area contributed by atoms with Crippen molar-refractivity contribution in [2.45, 2.75) is 38.4 Å². The summed E-state index contributed by atoms with van der Waals surface area (Å²) in [4.78, 5) is 18.8. The van der Waals surface area contributed by atoms with Crippen LogP contribution in [0.25, 0.3) is 11.0 Å². The maximum atomic E-state index is 12.7. The van der Waals surface area contributed by atoms with Gasteiger partial charge in [-0.2, -0.15) is 0 Å². The van der Waals surface area contributed by atoms with E-state index >= 15 is 0 Å². The van der Waals surface area contributed by atoms with Crippen molar-refractivity contribution in [3.05, 3.63) is 24.3 Å². The van der Waals surface area contributed by atoms with Gasteiger partial charge in [0.1, 0.15) is 6.54 Å². The van der Waals surface area contributed by atoms with Gasteiger partial charge >= 0.3 is 0 Å². The Labute approximate surface area is 142 Å². The van der Waals surface area contributed by atoms with Gasteiger partial charge in [0.15, 0.2) is 0 Å². The van der Waals surface area contributed by atoms with Gasteiger partial charge in [-0.05, 0) is 30.9 Å². The fourth-order valence-corrected chi connectivity index (χ4v) is 4.06. The van der Waals surface area contributed by atoms with Crippen molar-refractivity contribution in [2.24, 2.45) is 5.92 Å². The molecule has 0 spiro atoms. The van der Waals surface area contributed by atoms with Crippen LogP contribution < -0.4 is 0 Å². The van der Waals surface area contributed by atoms with Crippen LogP contribution in [0.1, 0.15) is 26.7 Å². The van der Waals surface area contributed by atoms with Crippen molar-refractivity contribution < 1.29 is 13.2 Å². The summed E-state index contributed by atoms with van der Waals surface area (Å²) in [5, 5.41) is -0.00933. The number of carbonyl (C=O) groups excluding carboxylic acids is 1. The third-order valence-electron chi connectivity index (χ3n) is 4.71. The van der Waals surface area contributed by atoms with E-state index < -0.39 is 9.84 Å². The molecule has 24 heavy (non-hydrogen) atoms. The molecule has 1 fully saturated rings. The van der Waals surface area contributed by atoms with Crippen molar-refractivity contribution in [1.82, 2.24) is 14.5 Å². The third-order valence-corrected chi connectivity index (χ3v) is 6.34. The quantitative estimate of drug-likeness (QED) is 0.847. The molecule has 2 heterocycles. The van der Waals surface area contributed by atoms with Gasteiger partial charge in [0.25, 0.3) is 0 Å². The Hall–Kier alpha value is -1.89. The molecule has 0 N–H and O–H groups in total. The number of imidazole rings is 1. The molecule has 0 aliphatic carbocycles. The highest BCUT2D eigenvalue weighted by Gasteiger charge is 2.26. The second-order valence-corrected chi connectivity index (χ2v) is 8.61. The first-order chi connectivity index (χ1) is 11.4. The van der Waals surface area contributed by atoms with E-state index in [1.807, 2.05) is 23.1 Å². The number of likely N-dealkylation sites (tertiary alicyclic amines) is 1. The summed E-state index contributed by atoms with van der Waals surface area (Å²) in [6.45, 7) is 5.28. The lowest BCUT2D eigenvalue weighted by atomic mass is 9.99. The van der Waals surface area contributed by atoms with Crippen molar-refractivity contribution in [3.63, 3.8) is 0 Å². The molecule has 0 radical (unpaired) electrons. The van der Waals surface area contributed by atoms with E-state index in [9.17, 15) is 13.2 Å². The van der Waals surface area contributed by atoms with Gasteiger partial charge in [0, 0.05) is 13.1 Å². The van der Waals surface area contributed by atoms with Crippen LogP contribution >= 0.6 is 0 Å². The molecule has 1 saturated heterocycles. The number of fused-ring (bicyclic) bond motifs is 1. The van der Waals surface area contributed by atoms with Gasteiger partial charge in [0.2, 0.25) is 20.9 Å². The highest BCUT2D eigenvalue weighted by molar-refractivity contribution is 7.91. The maximum absolute atomic E-state index is 12.7. The zero-order valence-electron chi connectivity index (χ0n) is 14.1. The Bertz CT molecular complexity index is 849. The smallest absolute Gasteiger partial charge is 0.242 e. The van der Waals surface area contributed by atoms with Crippen LogP contribution in [0.4, 0.5) is 0 Å². The summed E-state index contributed by atoms with van der Waals surface area (Å²) in [6.07, 6.45) is 1.99. The number of para-hydroxylation sites is 2. The summed E-state index contributed by atoms with van der Waals surface area (Å²) in [5.74, 6) is 0.558. The minimum Gasteiger partial charge on any atom is -0.341 e. The number of piperidine rings is 1. The number of sulfone groups is 1. The van der Waals surface area contributed by atoms with Crippen molar-refractivity contribution >= 4 is 26.8 Å². The molecule has 1 aliphatic heterocycles. The Morgan fingerprint density at radius 1 is 1.25 bits per heavy atom. The van der Waals surface area contributed by atoms with Crippen LogP contribution in [0.2, 0.25) is 0 Å². The SMILES string of the molecule is CCS(=O)(=O)c1nc2ccccc2n1CC(=O)N1CCC(C)CC1. The Kier molecular flexibility index (Phi) is 4.62. The molecule has 0 unspecified atom stereocenters. The maximum Gasteiger partial charge on any atom is 0.242 e. The molecular formula is C17H23N3O3S. The molecule has 2 aromatic rings. The molecule has 1 aliphatic rings. The summed E-state index contributed by atoms with van der Waals surface area (Å²) >= 11 is 0. The van der Waals surface area contributed by atoms with Crippen LogP contribution in [0.5, 0.6) is 0 Å². The first kappa shape index (κ1) is 17.0. The van der Waals surface area contributed by atoms with Gasteiger partial charge in [-0.3, -0.25) is 4.79 Å². The van der Waals surface area contributed by atoms with E-state index in [2.05, 4.69) is 11.9 Å². The molecule has 0 bridgehead atoms. The first-order valence-corrected chi connectivity index (χ1v) is 10.0. The van der Waals surface area contributed by atoms with Crippen LogP contribution in [0.15, 0.2) is 29.4 Å². The number of amides is 1. The minimum atomic E-state index is -3.49. The monoisotopic (exact) mass is 349 g/mol. The van der Waals surface area contributed by atoms with Crippen LogP contribution in [0.3, 0.4) is 0 Å². The fourth-order valence-electron chi connectivity index (χ4n) is 3.07. The molecule has 1 amide bonds. The van der Waals surface area contributed by atoms with E-state index in [-0.39, 0.29) is 23.4 Å². The van der Waals surface area contributed by atoms with E-state index in [4.69, 9.17) is 0 Å². The molecular weight excluding hydrogens is 326 g/mol. The third kappa shape index (κ3) is 3.17. The lowest BCUT2D eigenvalue weighted by molar-refractivity contribution is -0.133. The van der Waals surface area contributed by atoms with Gasteiger partial charge < -0.3 is 9.47 Å². The molecule has 0 atom stereocenters. The standard InChI is InChI=1S/C17H23N3O3S/c1-3-24(22,23)17-18-14-6-4-5-7-15(14)20(17)12-16(21)19-10-8-13(2)9-11-19/h4-7,13H,3,8-12H2,1-2H3. The number of benzene rings is 1. The number of carbonyl (C=O) groups is 1. The Balaban J connectivity index is 1.96. The minimum absolute atomic E-state index is 0.00933. The van der Waals surface area contributed by atoms with E-state index in [1.165, 1.54) is 0 Å². The summed E-state index contributed by atoms with van der Waals surface area (Å²) in [7, 11) is -3.49. The number of rotatable bonds is 4. The van der Waals surface area contributed by atoms with E-state index in [1.54, 1.807) is 17.6 Å². The topological polar surface area (TPSA) is 72.3 Å². The van der Waals surface area contributed by atoms with E-state index in [0.717, 1.165) is 25.9 Å². The number of nitrogens with zero attached hydrogens (tertiary/aromatic N) is 3. The van der Waals surface area contributed by atoms with Gasteiger partial charge in [-0.15, -0.1) is 0 Å². The van der Waals surface area contributed by atoms with Crippen LogP contribution in [-0.4, -0.2) is 47.6 Å². The van der Waals surface area contributed by atoms with Crippen LogP contribution in [-0.2, 0) is 21.2 Å². The van der Waals surface area contributed by atoms with Crippen LogP contribution in [0, 0.1) is 5.92 Å². The molecule has 0 saturated carbocycles. The lowest BCUT2D eigenvalue weighted by Gasteiger charge is -2.30. The van der Waals surface area contributed by atoms with Crippen molar-refractivity contribution in [1.29, 1.82) is 0 Å². The molecule has 1 aromatic heterocycles. The highest BCUT2D eigenvalue weighted by Crippen LogP contribution is 2.22. The van der Waals surface area contributed by atoms with E-state index in [0.29, 0.717) is 17.0 Å². The summed E-state index contributed by atoms with van der Waals surface area (Å²) in [6, 6.07) is 7.22. The zero-order valence-corrected chi connectivity index (χ0v) is 14.9. The molecule has 130 valence electrons. The normalized spacial score (nSPS) is 16.7. The second-order valence-electron chi connectivity index (χ2n) is 6.44. The highest BCUT2D eigenvalue weighted by atomic mass is 32.2. The van der Waals surface area contributed by atoms with Crippen molar-refractivity contribution in [2.75, 3.05) is 18.8 Å². The van der Waals surface area contributed by atoms with Crippen molar-refractivity contribution in [3.8, 4) is 0 Å². The molecule has 3 rings (SSSR count). The largest absolute Gasteiger partial charge is 0.341 e. The number of hydrogen-bond donors (Lipinski definition) is 0. The predicted molar refractivity (Wildman–Crippen MR) is 92.4 cm³/mol. The number of hydrogen-bond acceptors (Lipinski definition) is 4. The predicted octanol–water partition coefficient (Wildman–Crippen LogP) is 2.09. The molecule has 1 aromatic carbocycles. The lowest BCUT2D eigenvalue weighted by Crippen LogP contribution is -2.40. The fraction of sp³-hybridized carbons (Fsp3) is 0.529. The Morgan fingerprint density at radius 2 is 1.92 bits per heavy atom. The average Bonchev–Trinajstić information content (AvgIpc) is 2.95. The zero-order chi connectivity index (χ0) is 17.3. The van der Waals surface area contributed by atoms with Gasteiger partial charge in [0.05, 0.1) is 16.8 Å². The number of aromatic nitrogens is 2.